The Labute approximate surface area is 153 Å². The van der Waals surface area contributed by atoms with Crippen molar-refractivity contribution in [1.82, 2.24) is 4.90 Å². The summed E-state index contributed by atoms with van der Waals surface area (Å²) in [6.45, 7) is 1.76. The topological polar surface area (TPSA) is 49.9 Å². The molecule has 0 radical (unpaired) electrons. The molecular weight excluding hydrogens is 335 g/mol. The van der Waals surface area contributed by atoms with Gasteiger partial charge in [0.15, 0.2) is 0 Å². The Kier molecular flexibility index (Phi) is 4.69. The van der Waals surface area contributed by atoms with Crippen molar-refractivity contribution in [1.29, 1.82) is 0 Å². The molecule has 3 aliphatic rings. The molecule has 3 fully saturated rings. The number of morpholine rings is 1. The summed E-state index contributed by atoms with van der Waals surface area (Å²) in [5.41, 5.74) is 0.134. The molecule has 2 saturated heterocycles. The number of benzene rings is 1. The zero-order valence-electron chi connectivity index (χ0n) is 15.0. The van der Waals surface area contributed by atoms with Crippen molar-refractivity contribution in [2.75, 3.05) is 31.1 Å². The maximum Gasteiger partial charge on any atom is 0.253 e. The zero-order valence-corrected chi connectivity index (χ0v) is 15.0. The van der Waals surface area contributed by atoms with Crippen LogP contribution in [0.4, 0.5) is 10.1 Å². The summed E-state index contributed by atoms with van der Waals surface area (Å²) in [5, 5.41) is 0. The Hall–Kier alpha value is -1.95. The Morgan fingerprint density at radius 2 is 1.92 bits per heavy atom. The van der Waals surface area contributed by atoms with Gasteiger partial charge in [0.25, 0.3) is 5.91 Å². The number of hydrogen-bond acceptors (Lipinski definition) is 3. The van der Waals surface area contributed by atoms with Crippen LogP contribution in [0.1, 0.15) is 38.5 Å². The SMILES string of the molecule is O=C(C1CCCC1)N1CCC2(CC1)CN(c1cccc(F)c1)C(=O)CO2. The molecule has 6 heteroatoms. The predicted octanol–water partition coefficient (Wildman–Crippen LogP) is 2.74. The summed E-state index contributed by atoms with van der Waals surface area (Å²) in [6.07, 6.45) is 5.76. The molecule has 2 amide bonds. The van der Waals surface area contributed by atoms with Gasteiger partial charge < -0.3 is 14.5 Å². The van der Waals surface area contributed by atoms with E-state index in [2.05, 4.69) is 0 Å². The third kappa shape index (κ3) is 3.34. The third-order valence-corrected chi connectivity index (χ3v) is 6.06. The number of halogens is 1. The van der Waals surface area contributed by atoms with E-state index in [9.17, 15) is 14.0 Å². The normalized spacial score (nSPS) is 23.7. The fourth-order valence-electron chi connectivity index (χ4n) is 4.46. The summed E-state index contributed by atoms with van der Waals surface area (Å²) in [6, 6.07) is 6.12. The van der Waals surface area contributed by atoms with Crippen LogP contribution in [0, 0.1) is 11.7 Å². The Bertz CT molecular complexity index is 694. The first-order chi connectivity index (χ1) is 12.6. The highest BCUT2D eigenvalue weighted by molar-refractivity contribution is 5.95. The second-order valence-corrected chi connectivity index (χ2v) is 7.74. The Balaban J connectivity index is 1.43. The van der Waals surface area contributed by atoms with Gasteiger partial charge in [0.05, 0.1) is 12.1 Å². The van der Waals surface area contributed by atoms with Gasteiger partial charge in [0.1, 0.15) is 12.4 Å². The van der Waals surface area contributed by atoms with Crippen molar-refractivity contribution in [2.45, 2.75) is 44.1 Å². The molecule has 1 aliphatic carbocycles. The number of nitrogens with zero attached hydrogens (tertiary/aromatic N) is 2. The highest BCUT2D eigenvalue weighted by Crippen LogP contribution is 2.34. The summed E-state index contributed by atoms with van der Waals surface area (Å²) in [5.74, 6) is -0.0218. The van der Waals surface area contributed by atoms with Crippen molar-refractivity contribution in [2.24, 2.45) is 5.92 Å². The van der Waals surface area contributed by atoms with E-state index < -0.39 is 5.60 Å². The molecule has 0 N–H and O–H groups in total. The molecule has 1 aromatic rings. The molecule has 5 nitrogen and oxygen atoms in total. The van der Waals surface area contributed by atoms with Crippen molar-refractivity contribution in [3.8, 4) is 0 Å². The third-order valence-electron chi connectivity index (χ3n) is 6.06. The van der Waals surface area contributed by atoms with E-state index in [0.29, 0.717) is 38.2 Å². The maximum atomic E-state index is 13.6. The second kappa shape index (κ2) is 6.99. The molecule has 0 aromatic heterocycles. The Morgan fingerprint density at radius 1 is 1.19 bits per heavy atom. The van der Waals surface area contributed by atoms with E-state index in [4.69, 9.17) is 4.74 Å². The molecule has 2 aliphatic heterocycles. The summed E-state index contributed by atoms with van der Waals surface area (Å²) < 4.78 is 19.5. The fourth-order valence-corrected chi connectivity index (χ4v) is 4.46. The van der Waals surface area contributed by atoms with Gasteiger partial charge in [0.2, 0.25) is 5.91 Å². The average Bonchev–Trinajstić information content (AvgIpc) is 3.19. The standard InChI is InChI=1S/C20H25FN2O3/c21-16-6-3-7-17(12-16)23-14-20(26-13-18(23)24)8-10-22(11-9-20)19(25)15-4-1-2-5-15/h3,6-7,12,15H,1-2,4-5,8-11,13-14H2. The first-order valence-electron chi connectivity index (χ1n) is 9.55. The molecule has 0 bridgehead atoms. The van der Waals surface area contributed by atoms with Gasteiger partial charge in [-0.05, 0) is 43.9 Å². The largest absolute Gasteiger partial charge is 0.363 e. The number of piperidine rings is 1. The molecule has 4 rings (SSSR count). The smallest absolute Gasteiger partial charge is 0.253 e. The summed E-state index contributed by atoms with van der Waals surface area (Å²) in [7, 11) is 0. The van der Waals surface area contributed by atoms with Gasteiger partial charge >= 0.3 is 0 Å². The van der Waals surface area contributed by atoms with Crippen LogP contribution in [-0.2, 0) is 14.3 Å². The number of carbonyl (C=O) groups excluding carboxylic acids is 2. The number of hydrogen-bond donors (Lipinski definition) is 0. The quantitative estimate of drug-likeness (QED) is 0.815. The highest BCUT2D eigenvalue weighted by Gasteiger charge is 2.44. The minimum atomic E-state index is -0.438. The zero-order chi connectivity index (χ0) is 18.1. The van der Waals surface area contributed by atoms with Crippen LogP contribution in [0.5, 0.6) is 0 Å². The van der Waals surface area contributed by atoms with Crippen LogP contribution in [-0.4, -0.2) is 48.6 Å². The van der Waals surface area contributed by atoms with Crippen molar-refractivity contribution in [3.63, 3.8) is 0 Å². The predicted molar refractivity (Wildman–Crippen MR) is 95.2 cm³/mol. The fraction of sp³-hybridized carbons (Fsp3) is 0.600. The van der Waals surface area contributed by atoms with E-state index in [1.165, 1.54) is 12.1 Å². The number of ether oxygens (including phenoxy) is 1. The molecule has 0 unspecified atom stereocenters. The minimum Gasteiger partial charge on any atom is -0.363 e. The van der Waals surface area contributed by atoms with E-state index >= 15 is 0 Å². The minimum absolute atomic E-state index is 0.00703. The van der Waals surface area contributed by atoms with Crippen molar-refractivity contribution < 1.29 is 18.7 Å². The second-order valence-electron chi connectivity index (χ2n) is 7.74. The number of amides is 2. The van der Waals surface area contributed by atoms with E-state index in [-0.39, 0.29) is 30.2 Å². The molecule has 26 heavy (non-hydrogen) atoms. The van der Waals surface area contributed by atoms with Gasteiger partial charge in [-0.1, -0.05) is 18.9 Å². The Morgan fingerprint density at radius 3 is 2.62 bits per heavy atom. The van der Waals surface area contributed by atoms with Crippen LogP contribution in [0.15, 0.2) is 24.3 Å². The van der Waals surface area contributed by atoms with Crippen molar-refractivity contribution >= 4 is 17.5 Å². The number of rotatable bonds is 2. The number of likely N-dealkylation sites (tertiary alicyclic amines) is 1. The summed E-state index contributed by atoms with van der Waals surface area (Å²) >= 11 is 0. The molecule has 140 valence electrons. The van der Waals surface area contributed by atoms with Gasteiger partial charge in [0, 0.05) is 24.7 Å². The number of carbonyl (C=O) groups is 2. The van der Waals surface area contributed by atoms with Gasteiger partial charge in [-0.3, -0.25) is 9.59 Å². The molecule has 2 heterocycles. The van der Waals surface area contributed by atoms with Crippen LogP contribution < -0.4 is 4.90 Å². The van der Waals surface area contributed by atoms with E-state index in [1.54, 1.807) is 17.0 Å². The molecule has 1 spiro atoms. The summed E-state index contributed by atoms with van der Waals surface area (Å²) in [4.78, 5) is 28.5. The average molecular weight is 360 g/mol. The molecule has 1 aromatic carbocycles. The lowest BCUT2D eigenvalue weighted by molar-refractivity contribution is -0.152. The van der Waals surface area contributed by atoms with Gasteiger partial charge in [-0.15, -0.1) is 0 Å². The van der Waals surface area contributed by atoms with Crippen LogP contribution >= 0.6 is 0 Å². The first kappa shape index (κ1) is 17.5. The van der Waals surface area contributed by atoms with Crippen LogP contribution in [0.3, 0.4) is 0 Å². The lowest BCUT2D eigenvalue weighted by Gasteiger charge is -2.47. The maximum absolute atomic E-state index is 13.6. The molecular formula is C20H25FN2O3. The van der Waals surface area contributed by atoms with Crippen LogP contribution in [0.25, 0.3) is 0 Å². The highest BCUT2D eigenvalue weighted by atomic mass is 19.1. The van der Waals surface area contributed by atoms with Crippen molar-refractivity contribution in [3.05, 3.63) is 30.1 Å². The van der Waals surface area contributed by atoms with Crippen LogP contribution in [0.2, 0.25) is 0 Å². The molecule has 1 saturated carbocycles. The first-order valence-corrected chi connectivity index (χ1v) is 9.55. The van der Waals surface area contributed by atoms with Gasteiger partial charge in [-0.25, -0.2) is 4.39 Å². The lowest BCUT2D eigenvalue weighted by atomic mass is 9.88. The number of anilines is 1. The monoisotopic (exact) mass is 360 g/mol. The van der Waals surface area contributed by atoms with E-state index in [0.717, 1.165) is 25.7 Å². The van der Waals surface area contributed by atoms with E-state index in [1.807, 2.05) is 4.90 Å². The lowest BCUT2D eigenvalue weighted by Crippen LogP contribution is -2.59. The molecule has 0 atom stereocenters. The van der Waals surface area contributed by atoms with Gasteiger partial charge in [-0.2, -0.15) is 0 Å².